The van der Waals surface area contributed by atoms with Crippen LogP contribution in [0, 0.1) is 0 Å². The van der Waals surface area contributed by atoms with Crippen molar-refractivity contribution >= 4 is 55.9 Å². The Kier molecular flexibility index (Phi) is 54.0. The van der Waals surface area contributed by atoms with Gasteiger partial charge in [-0.05, 0) is 64.2 Å². The summed E-state index contributed by atoms with van der Waals surface area (Å²) >= 11 is 0. The quantitative estimate of drug-likeness (QED) is 0.0208. The molecule has 0 heterocycles. The number of rotatable bonds is 44. The SMILES string of the molecule is CCCCCCCCC=CCCCCCCCC(=O)NCCOC(=O)C(CC(=O)[O-])S(=O)(=O)O.CCCCCCCCC=CCCCCCCCC(=O)NCCOC(=O)C(CC(=O)[O-])S(=O)(=O)O.[Na+].[Na+]. The van der Waals surface area contributed by atoms with Crippen LogP contribution in [0.15, 0.2) is 24.3 Å². The molecule has 22 heteroatoms. The molecule has 0 bridgehead atoms. The van der Waals surface area contributed by atoms with Crippen molar-refractivity contribution in [1.82, 2.24) is 10.6 Å². The molecule has 0 aliphatic heterocycles. The standard InChI is InChI=1S/2C24H43NO8S.2Na/c2*1-2-3-4-5-6-7-8-9-10-11-12-13-14-15-16-17-22(26)25-18-19-33-24(29)21(20-23(27)28)34(30,31)32;;/h2*9-10,21H,2-8,11-20H2,1H3,(H,25,26)(H,27,28)(H,30,31,32);;/q;;2*+1/p-2. The predicted octanol–water partition coefficient (Wildman–Crippen LogP) is 0.167. The van der Waals surface area contributed by atoms with E-state index in [9.17, 15) is 55.8 Å². The summed E-state index contributed by atoms with van der Waals surface area (Å²) in [6.45, 7) is 3.70. The molecule has 0 aliphatic carbocycles. The summed E-state index contributed by atoms with van der Waals surface area (Å²) in [4.78, 5) is 67.8. The molecule has 396 valence electrons. The topological polar surface area (TPSA) is 300 Å². The maximum Gasteiger partial charge on any atom is 1.00 e. The Hall–Kier alpha value is -1.88. The zero-order valence-corrected chi connectivity index (χ0v) is 48.6. The molecule has 70 heavy (non-hydrogen) atoms. The number of unbranched alkanes of at least 4 members (excludes halogenated alkanes) is 22. The molecule has 0 rings (SSSR count). The third kappa shape index (κ3) is 51.0. The molecular weight excluding hydrogens is 971 g/mol. The van der Waals surface area contributed by atoms with E-state index in [0.29, 0.717) is 12.8 Å². The van der Waals surface area contributed by atoms with Crippen molar-refractivity contribution in [3.8, 4) is 0 Å². The van der Waals surface area contributed by atoms with Crippen molar-refractivity contribution in [1.29, 1.82) is 0 Å². The molecule has 0 aliphatic rings. The number of carbonyl (C=O) groups is 6. The molecule has 0 saturated heterocycles. The van der Waals surface area contributed by atoms with E-state index < -0.39 is 67.5 Å². The summed E-state index contributed by atoms with van der Waals surface area (Å²) < 4.78 is 71.3. The van der Waals surface area contributed by atoms with Crippen LogP contribution in [0.5, 0.6) is 0 Å². The summed E-state index contributed by atoms with van der Waals surface area (Å²) in [7, 11) is -9.86. The molecule has 2 unspecified atom stereocenters. The Labute approximate surface area is 463 Å². The zero-order chi connectivity index (χ0) is 51.3. The number of esters is 2. The molecule has 4 N–H and O–H groups in total. The fourth-order valence-electron chi connectivity index (χ4n) is 6.68. The number of aliphatic carboxylic acids is 2. The Bertz CT molecular complexity index is 1540. The van der Waals surface area contributed by atoms with Gasteiger partial charge in [-0.15, -0.1) is 0 Å². The second-order valence-corrected chi connectivity index (χ2v) is 20.1. The monoisotopic (exact) mass is 1050 g/mol. The minimum Gasteiger partial charge on any atom is -0.550 e. The van der Waals surface area contributed by atoms with Crippen LogP contribution in [0.3, 0.4) is 0 Å². The fourth-order valence-corrected chi connectivity index (χ4v) is 8.00. The minimum atomic E-state index is -4.93. The van der Waals surface area contributed by atoms with Crippen LogP contribution in [0.1, 0.15) is 206 Å². The van der Waals surface area contributed by atoms with Gasteiger partial charge >= 0.3 is 71.1 Å². The first kappa shape index (κ1) is 74.6. The molecule has 0 fully saturated rings. The van der Waals surface area contributed by atoms with Crippen LogP contribution in [-0.4, -0.2) is 98.4 Å². The number of nitrogens with one attached hydrogen (secondary N) is 2. The molecule has 0 aromatic carbocycles. The van der Waals surface area contributed by atoms with Crippen molar-refractivity contribution in [3.63, 3.8) is 0 Å². The normalized spacial score (nSPS) is 12.2. The van der Waals surface area contributed by atoms with E-state index in [1.165, 1.54) is 89.9 Å². The molecule has 2 amide bonds. The molecule has 0 spiro atoms. The van der Waals surface area contributed by atoms with Crippen molar-refractivity contribution in [2.45, 2.75) is 217 Å². The first-order valence-electron chi connectivity index (χ1n) is 24.9. The number of hydrogen-bond acceptors (Lipinski definition) is 14. The minimum absolute atomic E-state index is 0. The summed E-state index contributed by atoms with van der Waals surface area (Å²) in [6.07, 6.45) is 37.8. The summed E-state index contributed by atoms with van der Waals surface area (Å²) in [5, 5.41) is 21.6. The first-order chi connectivity index (χ1) is 32.4. The second-order valence-electron chi connectivity index (χ2n) is 16.9. The van der Waals surface area contributed by atoms with E-state index in [1.54, 1.807) is 0 Å². The van der Waals surface area contributed by atoms with Gasteiger partial charge in [0.1, 0.15) is 13.2 Å². The van der Waals surface area contributed by atoms with Gasteiger partial charge in [0.2, 0.25) is 11.8 Å². The summed E-state index contributed by atoms with van der Waals surface area (Å²) in [6, 6.07) is 0. The van der Waals surface area contributed by atoms with Crippen LogP contribution >= 0.6 is 0 Å². The molecule has 0 saturated carbocycles. The van der Waals surface area contributed by atoms with Gasteiger partial charge in [-0.3, -0.25) is 28.3 Å². The van der Waals surface area contributed by atoms with Gasteiger partial charge < -0.3 is 39.9 Å². The number of ether oxygens (including phenoxy) is 2. The van der Waals surface area contributed by atoms with Gasteiger partial charge in [-0.2, -0.15) is 16.8 Å². The second kappa shape index (κ2) is 50.6. The molecule has 2 atom stereocenters. The van der Waals surface area contributed by atoms with E-state index in [2.05, 4.69) is 58.3 Å². The van der Waals surface area contributed by atoms with Crippen LogP contribution < -0.4 is 80.0 Å². The number of hydrogen-bond donors (Lipinski definition) is 4. The van der Waals surface area contributed by atoms with Gasteiger partial charge in [0.15, 0.2) is 10.5 Å². The molecule has 0 aromatic rings. The average molecular weight is 1060 g/mol. The molecular formula is C48H84N2Na2O16S2. The van der Waals surface area contributed by atoms with Crippen LogP contribution in [0.25, 0.3) is 0 Å². The number of carboxylic acids is 2. The molecule has 0 radical (unpaired) electrons. The van der Waals surface area contributed by atoms with Crippen LogP contribution in [-0.2, 0) is 58.5 Å². The Balaban J connectivity index is -0.000000605. The van der Waals surface area contributed by atoms with Gasteiger partial charge in [0.05, 0.1) is 13.1 Å². The van der Waals surface area contributed by atoms with E-state index in [0.717, 1.165) is 77.0 Å². The number of carbonyl (C=O) groups excluding carboxylic acids is 6. The molecule has 0 aromatic heterocycles. The maximum absolute atomic E-state index is 11.8. The Morgan fingerprint density at radius 2 is 0.714 bits per heavy atom. The van der Waals surface area contributed by atoms with Gasteiger partial charge in [-0.1, -0.05) is 141 Å². The number of allylic oxidation sites excluding steroid dienone is 4. The van der Waals surface area contributed by atoms with Gasteiger partial charge in [0.25, 0.3) is 20.2 Å². The van der Waals surface area contributed by atoms with Crippen molar-refractivity contribution in [2.75, 3.05) is 26.3 Å². The van der Waals surface area contributed by atoms with Crippen LogP contribution in [0.2, 0.25) is 0 Å². The van der Waals surface area contributed by atoms with E-state index in [-0.39, 0.29) is 97.2 Å². The van der Waals surface area contributed by atoms with Gasteiger partial charge in [-0.25, -0.2) is 0 Å². The van der Waals surface area contributed by atoms with E-state index >= 15 is 0 Å². The smallest absolute Gasteiger partial charge is 0.550 e. The molecule has 18 nitrogen and oxygen atoms in total. The fraction of sp³-hybridized carbons (Fsp3) is 0.792. The van der Waals surface area contributed by atoms with Crippen molar-refractivity contribution < 1.29 is 134 Å². The largest absolute Gasteiger partial charge is 1.00 e. The number of carboxylic acid groups (broad SMARTS) is 2. The average Bonchev–Trinajstić information content (AvgIpc) is 3.26. The van der Waals surface area contributed by atoms with Crippen molar-refractivity contribution in [3.05, 3.63) is 24.3 Å². The Morgan fingerprint density at radius 3 is 0.971 bits per heavy atom. The predicted molar refractivity (Wildman–Crippen MR) is 257 cm³/mol. The first-order valence-corrected chi connectivity index (χ1v) is 27.9. The third-order valence-electron chi connectivity index (χ3n) is 10.6. The third-order valence-corrected chi connectivity index (χ3v) is 12.8. The van der Waals surface area contributed by atoms with Crippen LogP contribution in [0.4, 0.5) is 0 Å². The van der Waals surface area contributed by atoms with Gasteiger partial charge in [0, 0.05) is 37.6 Å². The maximum atomic E-state index is 11.8. The Morgan fingerprint density at radius 1 is 0.457 bits per heavy atom. The number of amides is 2. The summed E-state index contributed by atoms with van der Waals surface area (Å²) in [5.74, 6) is -6.86. The summed E-state index contributed by atoms with van der Waals surface area (Å²) in [5.41, 5.74) is 0. The van der Waals surface area contributed by atoms with E-state index in [4.69, 9.17) is 9.11 Å². The zero-order valence-electron chi connectivity index (χ0n) is 42.9. The van der Waals surface area contributed by atoms with Crippen molar-refractivity contribution in [2.24, 2.45) is 0 Å². The van der Waals surface area contributed by atoms with E-state index in [1.807, 2.05) is 0 Å².